The van der Waals surface area contributed by atoms with Gasteiger partial charge in [-0.2, -0.15) is 15.0 Å². The molecule has 0 spiro atoms. The van der Waals surface area contributed by atoms with Crippen molar-refractivity contribution in [2.24, 2.45) is 5.92 Å². The van der Waals surface area contributed by atoms with Crippen molar-refractivity contribution in [1.82, 2.24) is 15.0 Å². The van der Waals surface area contributed by atoms with Crippen molar-refractivity contribution in [3.05, 3.63) is 36.7 Å². The summed E-state index contributed by atoms with van der Waals surface area (Å²) < 4.78 is 0. The zero-order valence-electron chi connectivity index (χ0n) is 11.2. The smallest absolute Gasteiger partial charge is 0.0858 e. The van der Waals surface area contributed by atoms with E-state index in [2.05, 4.69) is 48.4 Å². The van der Waals surface area contributed by atoms with E-state index in [1.54, 1.807) is 17.2 Å². The van der Waals surface area contributed by atoms with Crippen LogP contribution in [0.15, 0.2) is 36.7 Å². The lowest BCUT2D eigenvalue weighted by Gasteiger charge is -2.17. The lowest BCUT2D eigenvalue weighted by atomic mass is 10.1. The average molecular weight is 244 g/mol. The van der Waals surface area contributed by atoms with E-state index >= 15 is 0 Å². The normalized spacial score (nSPS) is 12.7. The third kappa shape index (κ3) is 3.32. The summed E-state index contributed by atoms with van der Waals surface area (Å²) in [5.41, 5.74) is 2.11. The molecule has 4 nitrogen and oxygen atoms in total. The Balaban J connectivity index is 2.00. The van der Waals surface area contributed by atoms with Crippen LogP contribution in [0.3, 0.4) is 0 Å². The van der Waals surface area contributed by atoms with Gasteiger partial charge in [-0.15, -0.1) is 0 Å². The molecule has 0 aliphatic carbocycles. The zero-order valence-corrected chi connectivity index (χ0v) is 11.2. The van der Waals surface area contributed by atoms with Gasteiger partial charge in [-0.3, -0.25) is 0 Å². The van der Waals surface area contributed by atoms with Crippen molar-refractivity contribution in [2.75, 3.05) is 5.32 Å². The SMILES string of the molecule is CC(C)CC(C)Nc1ccc(-n2nccn2)cc1. The fraction of sp³-hybridized carbons (Fsp3) is 0.429. The molecule has 0 aliphatic rings. The molecule has 0 bridgehead atoms. The van der Waals surface area contributed by atoms with Crippen LogP contribution >= 0.6 is 0 Å². The molecule has 1 heterocycles. The van der Waals surface area contributed by atoms with E-state index in [0.29, 0.717) is 12.0 Å². The summed E-state index contributed by atoms with van der Waals surface area (Å²) in [5.74, 6) is 0.708. The Kier molecular flexibility index (Phi) is 3.97. The van der Waals surface area contributed by atoms with Crippen LogP contribution in [0, 0.1) is 5.92 Å². The lowest BCUT2D eigenvalue weighted by molar-refractivity contribution is 0.540. The van der Waals surface area contributed by atoms with Gasteiger partial charge >= 0.3 is 0 Å². The molecule has 2 aromatic rings. The molecule has 96 valence electrons. The highest BCUT2D eigenvalue weighted by Crippen LogP contribution is 2.15. The summed E-state index contributed by atoms with van der Waals surface area (Å²) in [4.78, 5) is 1.61. The van der Waals surface area contributed by atoms with E-state index in [4.69, 9.17) is 0 Å². The number of hydrogen-bond donors (Lipinski definition) is 1. The van der Waals surface area contributed by atoms with Gasteiger partial charge in [0.1, 0.15) is 0 Å². The number of nitrogens with one attached hydrogen (secondary N) is 1. The molecule has 4 heteroatoms. The first-order valence-corrected chi connectivity index (χ1v) is 6.38. The van der Waals surface area contributed by atoms with Crippen LogP contribution in [-0.4, -0.2) is 21.0 Å². The molecule has 1 N–H and O–H groups in total. The summed E-state index contributed by atoms with van der Waals surface area (Å²) in [7, 11) is 0. The van der Waals surface area contributed by atoms with Crippen molar-refractivity contribution in [1.29, 1.82) is 0 Å². The fourth-order valence-corrected chi connectivity index (χ4v) is 2.09. The predicted octanol–water partition coefficient (Wildman–Crippen LogP) is 3.11. The Morgan fingerprint density at radius 3 is 2.22 bits per heavy atom. The molecule has 2 rings (SSSR count). The quantitative estimate of drug-likeness (QED) is 0.878. The number of rotatable bonds is 5. The molecule has 0 saturated carbocycles. The molecule has 1 aromatic heterocycles. The minimum Gasteiger partial charge on any atom is -0.383 e. The van der Waals surface area contributed by atoms with Gasteiger partial charge in [0, 0.05) is 11.7 Å². The van der Waals surface area contributed by atoms with E-state index < -0.39 is 0 Å². The standard InChI is InChI=1S/C14H20N4/c1-11(2)10-12(3)17-13-4-6-14(7-5-13)18-15-8-9-16-18/h4-9,11-12,17H,10H2,1-3H3. The molecule has 1 unspecified atom stereocenters. The maximum absolute atomic E-state index is 4.10. The largest absolute Gasteiger partial charge is 0.383 e. The minimum absolute atomic E-state index is 0.485. The van der Waals surface area contributed by atoms with Crippen molar-refractivity contribution in [3.63, 3.8) is 0 Å². The highest BCUT2D eigenvalue weighted by molar-refractivity contribution is 5.48. The topological polar surface area (TPSA) is 42.7 Å². The van der Waals surface area contributed by atoms with Crippen molar-refractivity contribution < 1.29 is 0 Å². The van der Waals surface area contributed by atoms with Crippen molar-refractivity contribution in [2.45, 2.75) is 33.2 Å². The maximum Gasteiger partial charge on any atom is 0.0858 e. The fourth-order valence-electron chi connectivity index (χ4n) is 2.09. The Morgan fingerprint density at radius 2 is 1.67 bits per heavy atom. The van der Waals surface area contributed by atoms with Crippen LogP contribution in [0.4, 0.5) is 5.69 Å². The Hall–Kier alpha value is -1.84. The van der Waals surface area contributed by atoms with Crippen LogP contribution in [0.25, 0.3) is 5.69 Å². The van der Waals surface area contributed by atoms with Gasteiger partial charge in [0.15, 0.2) is 0 Å². The van der Waals surface area contributed by atoms with E-state index in [1.807, 2.05) is 12.1 Å². The predicted molar refractivity (Wildman–Crippen MR) is 73.9 cm³/mol. The lowest BCUT2D eigenvalue weighted by Crippen LogP contribution is -2.17. The van der Waals surface area contributed by atoms with Crippen LogP contribution in [0.5, 0.6) is 0 Å². The third-order valence-electron chi connectivity index (χ3n) is 2.76. The van der Waals surface area contributed by atoms with Crippen LogP contribution in [0.1, 0.15) is 27.2 Å². The first-order valence-electron chi connectivity index (χ1n) is 6.38. The Labute approximate surface area is 108 Å². The second kappa shape index (κ2) is 5.67. The monoisotopic (exact) mass is 244 g/mol. The van der Waals surface area contributed by atoms with Gasteiger partial charge in [-0.1, -0.05) is 13.8 Å². The first-order chi connectivity index (χ1) is 8.65. The maximum atomic E-state index is 4.10. The number of hydrogen-bond acceptors (Lipinski definition) is 3. The van der Waals surface area contributed by atoms with Crippen LogP contribution in [-0.2, 0) is 0 Å². The first kappa shape index (κ1) is 12.6. The third-order valence-corrected chi connectivity index (χ3v) is 2.76. The molecular weight excluding hydrogens is 224 g/mol. The summed E-state index contributed by atoms with van der Waals surface area (Å²) >= 11 is 0. The van der Waals surface area contributed by atoms with Gasteiger partial charge < -0.3 is 5.32 Å². The Bertz CT molecular complexity index is 459. The number of anilines is 1. The second-order valence-electron chi connectivity index (χ2n) is 5.04. The van der Waals surface area contributed by atoms with Gasteiger partial charge in [-0.05, 0) is 43.5 Å². The molecule has 1 atom stereocenters. The molecular formula is C14H20N4. The number of benzene rings is 1. The number of nitrogens with zero attached hydrogens (tertiary/aromatic N) is 3. The summed E-state index contributed by atoms with van der Waals surface area (Å²) in [6.07, 6.45) is 4.52. The minimum atomic E-state index is 0.485. The summed E-state index contributed by atoms with van der Waals surface area (Å²) in [6, 6.07) is 8.65. The molecule has 0 aliphatic heterocycles. The van der Waals surface area contributed by atoms with Gasteiger partial charge in [0.25, 0.3) is 0 Å². The summed E-state index contributed by atoms with van der Waals surface area (Å²) in [6.45, 7) is 6.69. The van der Waals surface area contributed by atoms with Crippen molar-refractivity contribution in [3.8, 4) is 5.69 Å². The molecule has 0 radical (unpaired) electrons. The molecule has 1 aromatic carbocycles. The summed E-state index contributed by atoms with van der Waals surface area (Å²) in [5, 5.41) is 11.7. The van der Waals surface area contributed by atoms with Gasteiger partial charge in [0.2, 0.25) is 0 Å². The molecule has 0 amide bonds. The van der Waals surface area contributed by atoms with E-state index in [-0.39, 0.29) is 0 Å². The number of aromatic nitrogens is 3. The van der Waals surface area contributed by atoms with Gasteiger partial charge in [0.05, 0.1) is 18.1 Å². The average Bonchev–Trinajstić information content (AvgIpc) is 2.82. The zero-order chi connectivity index (χ0) is 13.0. The van der Waals surface area contributed by atoms with Crippen molar-refractivity contribution >= 4 is 5.69 Å². The van der Waals surface area contributed by atoms with Crippen LogP contribution in [0.2, 0.25) is 0 Å². The Morgan fingerprint density at radius 1 is 1.06 bits per heavy atom. The van der Waals surface area contributed by atoms with Crippen LogP contribution < -0.4 is 5.32 Å². The van der Waals surface area contributed by atoms with E-state index in [9.17, 15) is 0 Å². The highest BCUT2D eigenvalue weighted by atomic mass is 15.5. The van der Waals surface area contributed by atoms with Gasteiger partial charge in [-0.25, -0.2) is 0 Å². The van der Waals surface area contributed by atoms with E-state index in [1.165, 1.54) is 6.42 Å². The highest BCUT2D eigenvalue weighted by Gasteiger charge is 2.05. The molecule has 0 saturated heterocycles. The molecule has 0 fully saturated rings. The molecule has 18 heavy (non-hydrogen) atoms. The second-order valence-corrected chi connectivity index (χ2v) is 5.04. The van der Waals surface area contributed by atoms with E-state index in [0.717, 1.165) is 11.4 Å².